The fourth-order valence-corrected chi connectivity index (χ4v) is 2.83. The number of H-pyrrole nitrogens is 1. The Balaban J connectivity index is 2.16. The summed E-state index contributed by atoms with van der Waals surface area (Å²) in [6, 6.07) is 6.35. The lowest BCUT2D eigenvalue weighted by Crippen LogP contribution is -2.23. The molecule has 100 valence electrons. The molecule has 0 saturated carbocycles. The molecule has 0 saturated heterocycles. The second-order valence-electron chi connectivity index (χ2n) is 5.83. The van der Waals surface area contributed by atoms with Crippen molar-refractivity contribution in [1.29, 1.82) is 0 Å². The molecule has 0 spiro atoms. The Labute approximate surface area is 117 Å². The maximum Gasteiger partial charge on any atom is 0.195 e. The highest BCUT2D eigenvalue weighted by Crippen LogP contribution is 2.28. The van der Waals surface area contributed by atoms with Gasteiger partial charge in [0.05, 0.1) is 13.2 Å². The Kier molecular flexibility index (Phi) is 2.83. The van der Waals surface area contributed by atoms with Crippen LogP contribution in [0.3, 0.4) is 0 Å². The Hall–Kier alpha value is -1.46. The number of hydrogen-bond donors (Lipinski definition) is 1. The molecule has 1 aromatic heterocycles. The molecule has 2 heterocycles. The number of rotatable bonds is 1. The van der Waals surface area contributed by atoms with Gasteiger partial charge in [-0.1, -0.05) is 12.1 Å². The monoisotopic (exact) mass is 275 g/mol. The zero-order valence-electron chi connectivity index (χ0n) is 11.4. The van der Waals surface area contributed by atoms with Crippen LogP contribution in [-0.2, 0) is 23.5 Å². The number of benzene rings is 1. The SMILES string of the molecule is CC(C)(C)n1c(-c2ccc3c(c2)COC3)n[nH]c1=S. The lowest BCUT2D eigenvalue weighted by Gasteiger charge is -2.22. The van der Waals surface area contributed by atoms with E-state index in [1.807, 2.05) is 0 Å². The summed E-state index contributed by atoms with van der Waals surface area (Å²) in [7, 11) is 0. The van der Waals surface area contributed by atoms with E-state index < -0.39 is 0 Å². The molecular formula is C14H17N3OS. The predicted octanol–water partition coefficient (Wildman–Crippen LogP) is 3.39. The summed E-state index contributed by atoms with van der Waals surface area (Å²) in [5.41, 5.74) is 3.48. The fourth-order valence-electron chi connectivity index (χ4n) is 2.42. The van der Waals surface area contributed by atoms with E-state index in [0.29, 0.717) is 18.0 Å². The van der Waals surface area contributed by atoms with E-state index in [4.69, 9.17) is 17.0 Å². The van der Waals surface area contributed by atoms with Crippen molar-refractivity contribution in [3.05, 3.63) is 34.1 Å². The summed E-state index contributed by atoms with van der Waals surface area (Å²) in [6.45, 7) is 7.76. The first-order valence-electron chi connectivity index (χ1n) is 6.34. The van der Waals surface area contributed by atoms with Crippen LogP contribution in [0.4, 0.5) is 0 Å². The summed E-state index contributed by atoms with van der Waals surface area (Å²) in [6.07, 6.45) is 0. The van der Waals surface area contributed by atoms with Crippen molar-refractivity contribution in [1.82, 2.24) is 14.8 Å². The van der Waals surface area contributed by atoms with Crippen molar-refractivity contribution in [2.45, 2.75) is 39.5 Å². The Morgan fingerprint density at radius 1 is 1.26 bits per heavy atom. The lowest BCUT2D eigenvalue weighted by atomic mass is 10.0. The van der Waals surface area contributed by atoms with Crippen molar-refractivity contribution in [2.75, 3.05) is 0 Å². The molecule has 4 nitrogen and oxygen atoms in total. The molecule has 0 unspecified atom stereocenters. The van der Waals surface area contributed by atoms with Gasteiger partial charge in [0.1, 0.15) is 0 Å². The number of fused-ring (bicyclic) bond motifs is 1. The van der Waals surface area contributed by atoms with Crippen molar-refractivity contribution in [3.8, 4) is 11.4 Å². The maximum absolute atomic E-state index is 5.45. The number of nitrogens with zero attached hydrogens (tertiary/aromatic N) is 2. The van der Waals surface area contributed by atoms with E-state index in [9.17, 15) is 0 Å². The molecule has 0 radical (unpaired) electrons. The fraction of sp³-hybridized carbons (Fsp3) is 0.429. The number of aromatic amines is 1. The average molecular weight is 275 g/mol. The second kappa shape index (κ2) is 4.28. The van der Waals surface area contributed by atoms with E-state index >= 15 is 0 Å². The smallest absolute Gasteiger partial charge is 0.195 e. The van der Waals surface area contributed by atoms with Crippen LogP contribution in [0.1, 0.15) is 31.9 Å². The van der Waals surface area contributed by atoms with Crippen LogP contribution < -0.4 is 0 Å². The third-order valence-electron chi connectivity index (χ3n) is 3.32. The first kappa shape index (κ1) is 12.6. The molecule has 1 aliphatic heterocycles. The number of nitrogens with one attached hydrogen (secondary N) is 1. The lowest BCUT2D eigenvalue weighted by molar-refractivity contribution is 0.134. The molecule has 0 aliphatic carbocycles. The quantitative estimate of drug-likeness (QED) is 0.811. The van der Waals surface area contributed by atoms with Crippen molar-refractivity contribution in [3.63, 3.8) is 0 Å². The van der Waals surface area contributed by atoms with Crippen molar-refractivity contribution < 1.29 is 4.74 Å². The van der Waals surface area contributed by atoms with Crippen LogP contribution in [0.15, 0.2) is 18.2 Å². The second-order valence-corrected chi connectivity index (χ2v) is 6.22. The van der Waals surface area contributed by atoms with Crippen LogP contribution in [0, 0.1) is 4.77 Å². The summed E-state index contributed by atoms with van der Waals surface area (Å²) in [5.74, 6) is 0.882. The topological polar surface area (TPSA) is 42.8 Å². The van der Waals surface area contributed by atoms with Gasteiger partial charge in [0.25, 0.3) is 0 Å². The third kappa shape index (κ3) is 2.13. The van der Waals surface area contributed by atoms with Gasteiger partial charge in [-0.05, 0) is 50.2 Å². The van der Waals surface area contributed by atoms with Crippen LogP contribution in [0.2, 0.25) is 0 Å². The van der Waals surface area contributed by atoms with E-state index in [1.165, 1.54) is 11.1 Å². The summed E-state index contributed by atoms with van der Waals surface area (Å²) < 4.78 is 8.16. The summed E-state index contributed by atoms with van der Waals surface area (Å²) in [4.78, 5) is 0. The molecule has 1 aromatic carbocycles. The number of aromatic nitrogens is 3. The van der Waals surface area contributed by atoms with Gasteiger partial charge in [-0.2, -0.15) is 5.10 Å². The van der Waals surface area contributed by atoms with Gasteiger partial charge in [0.2, 0.25) is 0 Å². The minimum Gasteiger partial charge on any atom is -0.372 e. The Morgan fingerprint density at radius 3 is 2.74 bits per heavy atom. The van der Waals surface area contributed by atoms with Gasteiger partial charge in [-0.3, -0.25) is 9.67 Å². The molecule has 1 N–H and O–H groups in total. The molecule has 0 bridgehead atoms. The molecule has 0 fully saturated rings. The maximum atomic E-state index is 5.45. The van der Waals surface area contributed by atoms with Crippen LogP contribution >= 0.6 is 12.2 Å². The van der Waals surface area contributed by atoms with Crippen molar-refractivity contribution >= 4 is 12.2 Å². The molecule has 5 heteroatoms. The standard InChI is InChI=1S/C14H17N3OS/c1-14(2,3)17-12(15-16-13(17)19)9-4-5-10-7-18-8-11(10)6-9/h4-6H,7-8H2,1-3H3,(H,16,19). The van der Waals surface area contributed by atoms with Gasteiger partial charge in [-0.15, -0.1) is 0 Å². The van der Waals surface area contributed by atoms with E-state index in [2.05, 4.69) is 53.7 Å². The van der Waals surface area contributed by atoms with Crippen LogP contribution in [0.25, 0.3) is 11.4 Å². The largest absolute Gasteiger partial charge is 0.372 e. The molecule has 2 aromatic rings. The zero-order valence-corrected chi connectivity index (χ0v) is 12.2. The normalized spacial score (nSPS) is 14.7. The molecule has 0 amide bonds. The van der Waals surface area contributed by atoms with Gasteiger partial charge in [-0.25, -0.2) is 0 Å². The Bertz CT molecular complexity index is 679. The summed E-state index contributed by atoms with van der Waals surface area (Å²) in [5, 5.41) is 7.28. The summed E-state index contributed by atoms with van der Waals surface area (Å²) >= 11 is 5.34. The molecule has 1 aliphatic rings. The minimum absolute atomic E-state index is 0.102. The molecule has 0 atom stereocenters. The first-order chi connectivity index (χ1) is 8.97. The van der Waals surface area contributed by atoms with E-state index in [1.54, 1.807) is 0 Å². The molecular weight excluding hydrogens is 258 g/mol. The van der Waals surface area contributed by atoms with Crippen LogP contribution in [0.5, 0.6) is 0 Å². The third-order valence-corrected chi connectivity index (χ3v) is 3.60. The highest BCUT2D eigenvalue weighted by atomic mass is 32.1. The average Bonchev–Trinajstić information content (AvgIpc) is 2.92. The molecule has 19 heavy (non-hydrogen) atoms. The van der Waals surface area contributed by atoms with Gasteiger partial charge in [0.15, 0.2) is 10.6 Å². The van der Waals surface area contributed by atoms with Gasteiger partial charge >= 0.3 is 0 Å². The van der Waals surface area contributed by atoms with Gasteiger partial charge < -0.3 is 4.74 Å². The number of ether oxygens (including phenoxy) is 1. The highest BCUT2D eigenvalue weighted by molar-refractivity contribution is 7.71. The number of hydrogen-bond acceptors (Lipinski definition) is 3. The predicted molar refractivity (Wildman–Crippen MR) is 76.3 cm³/mol. The van der Waals surface area contributed by atoms with Crippen LogP contribution in [-0.4, -0.2) is 14.8 Å². The van der Waals surface area contributed by atoms with E-state index in [0.717, 1.165) is 11.4 Å². The van der Waals surface area contributed by atoms with E-state index in [-0.39, 0.29) is 5.54 Å². The minimum atomic E-state index is -0.102. The van der Waals surface area contributed by atoms with Crippen molar-refractivity contribution in [2.24, 2.45) is 0 Å². The van der Waals surface area contributed by atoms with Gasteiger partial charge in [0, 0.05) is 11.1 Å². The Morgan fingerprint density at radius 2 is 2.00 bits per heavy atom. The zero-order chi connectivity index (χ0) is 13.6. The highest BCUT2D eigenvalue weighted by Gasteiger charge is 2.21. The first-order valence-corrected chi connectivity index (χ1v) is 6.75. The molecule has 3 rings (SSSR count).